The summed E-state index contributed by atoms with van der Waals surface area (Å²) in [5, 5.41) is 3.47. The maximum Gasteiger partial charge on any atom is 0.261 e. The van der Waals surface area contributed by atoms with Gasteiger partial charge in [-0.2, -0.15) is 0 Å². The summed E-state index contributed by atoms with van der Waals surface area (Å²) in [6, 6.07) is 9.05. The van der Waals surface area contributed by atoms with Crippen LogP contribution in [0.3, 0.4) is 0 Å². The van der Waals surface area contributed by atoms with Crippen molar-refractivity contribution in [2.24, 2.45) is 0 Å². The van der Waals surface area contributed by atoms with E-state index in [0.29, 0.717) is 17.3 Å². The van der Waals surface area contributed by atoms with Crippen molar-refractivity contribution < 1.29 is 9.53 Å². The molecule has 0 aliphatic carbocycles. The number of halogens is 1. The van der Waals surface area contributed by atoms with Crippen LogP contribution >= 0.6 is 11.6 Å². The first kappa shape index (κ1) is 15.3. The highest BCUT2D eigenvalue weighted by Crippen LogP contribution is 2.22. The molecule has 4 nitrogen and oxygen atoms in total. The van der Waals surface area contributed by atoms with Crippen LogP contribution < -0.4 is 10.1 Å². The van der Waals surface area contributed by atoms with Crippen LogP contribution in [0.2, 0.25) is 5.02 Å². The molecule has 21 heavy (non-hydrogen) atoms. The van der Waals surface area contributed by atoms with E-state index >= 15 is 0 Å². The third-order valence-electron chi connectivity index (χ3n) is 3.00. The summed E-state index contributed by atoms with van der Waals surface area (Å²) < 4.78 is 5.66. The molecular formula is C16H17ClN2O2. The second-order valence-corrected chi connectivity index (χ2v) is 5.19. The van der Waals surface area contributed by atoms with E-state index < -0.39 is 6.10 Å². The minimum Gasteiger partial charge on any atom is -0.481 e. The zero-order chi connectivity index (χ0) is 15.2. The lowest BCUT2D eigenvalue weighted by atomic mass is 10.2. The van der Waals surface area contributed by atoms with Gasteiger partial charge in [-0.15, -0.1) is 0 Å². The fourth-order valence-electron chi connectivity index (χ4n) is 1.82. The second kappa shape index (κ2) is 7.09. The van der Waals surface area contributed by atoms with E-state index in [-0.39, 0.29) is 5.91 Å². The Balaban J connectivity index is 1.90. The Labute approximate surface area is 129 Å². The maximum atomic E-state index is 12.0. The molecule has 2 rings (SSSR count). The number of hydrogen-bond acceptors (Lipinski definition) is 3. The molecule has 110 valence electrons. The first-order valence-electron chi connectivity index (χ1n) is 6.65. The Morgan fingerprint density at radius 1 is 1.43 bits per heavy atom. The quantitative estimate of drug-likeness (QED) is 0.923. The molecule has 5 heteroatoms. The molecule has 2 aromatic rings. The Hall–Kier alpha value is -2.07. The van der Waals surface area contributed by atoms with Gasteiger partial charge in [-0.1, -0.05) is 17.7 Å². The largest absolute Gasteiger partial charge is 0.481 e. The fourth-order valence-corrected chi connectivity index (χ4v) is 2.05. The van der Waals surface area contributed by atoms with E-state index in [0.717, 1.165) is 11.1 Å². The number of aromatic nitrogens is 1. The molecule has 1 atom stereocenters. The van der Waals surface area contributed by atoms with Crippen LogP contribution in [0.1, 0.15) is 18.1 Å². The number of nitrogens with zero attached hydrogens (tertiary/aromatic N) is 1. The molecule has 0 saturated carbocycles. The van der Waals surface area contributed by atoms with Crippen LogP contribution in [0.4, 0.5) is 0 Å². The molecule has 0 spiro atoms. The van der Waals surface area contributed by atoms with Gasteiger partial charge in [0.1, 0.15) is 5.75 Å². The normalized spacial score (nSPS) is 11.8. The van der Waals surface area contributed by atoms with Crippen molar-refractivity contribution in [3.63, 3.8) is 0 Å². The van der Waals surface area contributed by atoms with Gasteiger partial charge in [0, 0.05) is 24.0 Å². The van der Waals surface area contributed by atoms with Crippen LogP contribution in [-0.4, -0.2) is 17.0 Å². The van der Waals surface area contributed by atoms with Gasteiger partial charge in [0.2, 0.25) is 0 Å². The highest BCUT2D eigenvalue weighted by molar-refractivity contribution is 6.30. The molecule has 1 heterocycles. The van der Waals surface area contributed by atoms with Crippen molar-refractivity contribution in [3.05, 3.63) is 58.9 Å². The average molecular weight is 305 g/mol. The van der Waals surface area contributed by atoms with E-state index in [4.69, 9.17) is 16.3 Å². The monoisotopic (exact) mass is 304 g/mol. The molecule has 1 amide bonds. The number of carbonyl (C=O) groups excluding carboxylic acids is 1. The van der Waals surface area contributed by atoms with Crippen molar-refractivity contribution in [1.29, 1.82) is 0 Å². The van der Waals surface area contributed by atoms with Gasteiger partial charge in [-0.25, -0.2) is 0 Å². The molecule has 0 bridgehead atoms. The lowest BCUT2D eigenvalue weighted by molar-refractivity contribution is -0.127. The summed E-state index contributed by atoms with van der Waals surface area (Å²) >= 11 is 5.89. The van der Waals surface area contributed by atoms with Gasteiger partial charge in [0.25, 0.3) is 5.91 Å². The van der Waals surface area contributed by atoms with Gasteiger partial charge in [0.05, 0.1) is 0 Å². The summed E-state index contributed by atoms with van der Waals surface area (Å²) in [7, 11) is 0. The number of nitrogens with one attached hydrogen (secondary N) is 1. The Bertz CT molecular complexity index is 617. The highest BCUT2D eigenvalue weighted by atomic mass is 35.5. The molecule has 0 aliphatic heterocycles. The van der Waals surface area contributed by atoms with E-state index in [1.807, 2.05) is 19.1 Å². The van der Waals surface area contributed by atoms with Gasteiger partial charge in [0.15, 0.2) is 6.10 Å². The van der Waals surface area contributed by atoms with Crippen molar-refractivity contribution in [1.82, 2.24) is 10.3 Å². The number of amides is 1. The van der Waals surface area contributed by atoms with Gasteiger partial charge >= 0.3 is 0 Å². The lowest BCUT2D eigenvalue weighted by Gasteiger charge is -2.16. The topological polar surface area (TPSA) is 51.2 Å². The molecule has 0 fully saturated rings. The predicted octanol–water partition coefficient (Wildman–Crippen LogP) is 3.13. The third kappa shape index (κ3) is 4.46. The molecule has 0 radical (unpaired) electrons. The first-order chi connectivity index (χ1) is 10.1. The van der Waals surface area contributed by atoms with Gasteiger partial charge in [-0.05, 0) is 49.2 Å². The third-order valence-corrected chi connectivity index (χ3v) is 3.23. The Morgan fingerprint density at radius 2 is 2.24 bits per heavy atom. The number of benzene rings is 1. The molecule has 0 saturated heterocycles. The standard InChI is InChI=1S/C16H17ClN2O2/c1-11-8-14(17)5-6-15(11)21-12(2)16(20)19-10-13-4-3-7-18-9-13/h3-9,12H,10H2,1-2H3,(H,19,20)/t12-/m1/s1. The van der Waals surface area contributed by atoms with Crippen LogP contribution in [0.15, 0.2) is 42.7 Å². The molecule has 1 aromatic carbocycles. The molecular weight excluding hydrogens is 288 g/mol. The zero-order valence-corrected chi connectivity index (χ0v) is 12.7. The number of aryl methyl sites for hydroxylation is 1. The van der Waals surface area contributed by atoms with E-state index in [1.165, 1.54) is 0 Å². The zero-order valence-electron chi connectivity index (χ0n) is 12.0. The van der Waals surface area contributed by atoms with E-state index in [2.05, 4.69) is 10.3 Å². The SMILES string of the molecule is Cc1cc(Cl)ccc1O[C@H](C)C(=O)NCc1cccnc1. The number of hydrogen-bond donors (Lipinski definition) is 1. The number of pyridine rings is 1. The average Bonchev–Trinajstić information content (AvgIpc) is 2.48. The fraction of sp³-hybridized carbons (Fsp3) is 0.250. The Morgan fingerprint density at radius 3 is 2.90 bits per heavy atom. The van der Waals surface area contributed by atoms with Crippen molar-refractivity contribution >= 4 is 17.5 Å². The van der Waals surface area contributed by atoms with Gasteiger partial charge < -0.3 is 10.1 Å². The summed E-state index contributed by atoms with van der Waals surface area (Å²) in [5.74, 6) is 0.483. The van der Waals surface area contributed by atoms with Crippen molar-refractivity contribution in [3.8, 4) is 5.75 Å². The maximum absolute atomic E-state index is 12.0. The second-order valence-electron chi connectivity index (χ2n) is 4.75. The summed E-state index contributed by atoms with van der Waals surface area (Å²) in [4.78, 5) is 16.0. The van der Waals surface area contributed by atoms with Gasteiger partial charge in [-0.3, -0.25) is 9.78 Å². The van der Waals surface area contributed by atoms with Crippen LogP contribution in [0.25, 0.3) is 0 Å². The highest BCUT2D eigenvalue weighted by Gasteiger charge is 2.15. The van der Waals surface area contributed by atoms with Crippen LogP contribution in [0.5, 0.6) is 5.75 Å². The van der Waals surface area contributed by atoms with Crippen LogP contribution in [0, 0.1) is 6.92 Å². The number of ether oxygens (including phenoxy) is 1. The smallest absolute Gasteiger partial charge is 0.261 e. The minimum absolute atomic E-state index is 0.173. The molecule has 1 N–H and O–H groups in total. The van der Waals surface area contributed by atoms with E-state index in [9.17, 15) is 4.79 Å². The van der Waals surface area contributed by atoms with Crippen LogP contribution in [-0.2, 0) is 11.3 Å². The molecule has 0 aliphatic rings. The predicted molar refractivity (Wildman–Crippen MR) is 82.4 cm³/mol. The lowest BCUT2D eigenvalue weighted by Crippen LogP contribution is -2.36. The number of carbonyl (C=O) groups is 1. The Kier molecular flexibility index (Phi) is 5.17. The summed E-state index contributed by atoms with van der Waals surface area (Å²) in [6.07, 6.45) is 2.83. The minimum atomic E-state index is -0.582. The first-order valence-corrected chi connectivity index (χ1v) is 7.03. The van der Waals surface area contributed by atoms with Crippen molar-refractivity contribution in [2.75, 3.05) is 0 Å². The summed E-state index contributed by atoms with van der Waals surface area (Å²) in [5.41, 5.74) is 1.84. The summed E-state index contributed by atoms with van der Waals surface area (Å²) in [6.45, 7) is 4.04. The molecule has 0 unspecified atom stereocenters. The van der Waals surface area contributed by atoms with Crippen molar-refractivity contribution in [2.45, 2.75) is 26.5 Å². The molecule has 1 aromatic heterocycles. The van der Waals surface area contributed by atoms with E-state index in [1.54, 1.807) is 37.5 Å². The number of rotatable bonds is 5.